The molecule has 0 spiro atoms. The van der Waals surface area contributed by atoms with Gasteiger partial charge in [-0.15, -0.1) is 0 Å². The van der Waals surface area contributed by atoms with Crippen molar-refractivity contribution >= 4 is 29.1 Å². The van der Waals surface area contributed by atoms with Gasteiger partial charge in [-0.3, -0.25) is 14.4 Å². The summed E-state index contributed by atoms with van der Waals surface area (Å²) < 4.78 is 0. The molecule has 0 saturated heterocycles. The second-order valence-corrected chi connectivity index (χ2v) is 6.14. The highest BCUT2D eigenvalue weighted by Crippen LogP contribution is 2.23. The van der Waals surface area contributed by atoms with Crippen molar-refractivity contribution in [2.75, 3.05) is 17.2 Å². The molecule has 1 aromatic rings. The molecule has 1 aromatic carbocycles. The summed E-state index contributed by atoms with van der Waals surface area (Å²) in [6.45, 7) is 8.46. The Morgan fingerprint density at radius 1 is 1.05 bits per heavy atom. The van der Waals surface area contributed by atoms with Gasteiger partial charge in [0.15, 0.2) is 0 Å². The lowest BCUT2D eigenvalue weighted by Gasteiger charge is -2.18. The molecule has 0 unspecified atom stereocenters. The first-order valence-corrected chi connectivity index (χ1v) is 7.06. The van der Waals surface area contributed by atoms with Crippen molar-refractivity contribution < 1.29 is 14.4 Å². The number of benzene rings is 1. The number of carbonyl (C=O) groups excluding carboxylic acids is 3. The summed E-state index contributed by atoms with van der Waals surface area (Å²) >= 11 is 0. The van der Waals surface area contributed by atoms with Crippen LogP contribution >= 0.6 is 0 Å². The predicted molar refractivity (Wildman–Crippen MR) is 86.6 cm³/mol. The summed E-state index contributed by atoms with van der Waals surface area (Å²) in [6, 6.07) is 5.24. The van der Waals surface area contributed by atoms with Crippen molar-refractivity contribution in [3.63, 3.8) is 0 Å². The highest BCUT2D eigenvalue weighted by Gasteiger charge is 2.21. The topological polar surface area (TPSA) is 87.3 Å². The lowest BCUT2D eigenvalue weighted by atomic mass is 9.96. The smallest absolute Gasteiger partial charge is 0.243 e. The van der Waals surface area contributed by atoms with Gasteiger partial charge < -0.3 is 16.0 Å². The van der Waals surface area contributed by atoms with Crippen LogP contribution in [0.25, 0.3) is 0 Å². The molecule has 1 rings (SSSR count). The van der Waals surface area contributed by atoms with Gasteiger partial charge in [0.25, 0.3) is 0 Å². The van der Waals surface area contributed by atoms with E-state index in [2.05, 4.69) is 16.0 Å². The lowest BCUT2D eigenvalue weighted by Crippen LogP contribution is -2.39. The van der Waals surface area contributed by atoms with Crippen molar-refractivity contribution in [3.05, 3.63) is 23.8 Å². The van der Waals surface area contributed by atoms with Crippen LogP contribution in [0.3, 0.4) is 0 Å². The number of anilines is 2. The molecule has 6 heteroatoms. The number of rotatable bonds is 4. The SMILES string of the molecule is CC(=O)Nc1cccc(NC(=O)CNC(=O)C(C)(C)C)c1C. The summed E-state index contributed by atoms with van der Waals surface area (Å²) in [6.07, 6.45) is 0. The molecule has 22 heavy (non-hydrogen) atoms. The molecule has 0 aromatic heterocycles. The predicted octanol–water partition coefficient (Wildman–Crippen LogP) is 2.05. The van der Waals surface area contributed by atoms with Gasteiger partial charge in [-0.2, -0.15) is 0 Å². The molecule has 6 nitrogen and oxygen atoms in total. The van der Waals surface area contributed by atoms with E-state index in [0.717, 1.165) is 5.56 Å². The number of hydrogen-bond donors (Lipinski definition) is 3. The number of amides is 3. The molecular weight excluding hydrogens is 282 g/mol. The van der Waals surface area contributed by atoms with Crippen molar-refractivity contribution in [3.8, 4) is 0 Å². The Morgan fingerprint density at radius 3 is 2.09 bits per heavy atom. The van der Waals surface area contributed by atoms with Crippen LogP contribution in [0.4, 0.5) is 11.4 Å². The Morgan fingerprint density at radius 2 is 1.59 bits per heavy atom. The lowest BCUT2D eigenvalue weighted by molar-refractivity contribution is -0.130. The zero-order chi connectivity index (χ0) is 16.9. The molecule has 0 saturated carbocycles. The first-order valence-electron chi connectivity index (χ1n) is 7.06. The quantitative estimate of drug-likeness (QED) is 0.795. The summed E-state index contributed by atoms with van der Waals surface area (Å²) in [5.74, 6) is -0.684. The van der Waals surface area contributed by atoms with Crippen LogP contribution in [-0.4, -0.2) is 24.3 Å². The van der Waals surface area contributed by atoms with E-state index in [0.29, 0.717) is 11.4 Å². The molecular formula is C16H23N3O3. The van der Waals surface area contributed by atoms with Gasteiger partial charge in [0.05, 0.1) is 6.54 Å². The van der Waals surface area contributed by atoms with E-state index in [1.54, 1.807) is 45.9 Å². The Hall–Kier alpha value is -2.37. The molecule has 0 aliphatic carbocycles. The second kappa shape index (κ2) is 7.06. The molecule has 120 valence electrons. The summed E-state index contributed by atoms with van der Waals surface area (Å²) in [5.41, 5.74) is 1.46. The zero-order valence-corrected chi connectivity index (χ0v) is 13.7. The Bertz CT molecular complexity index is 589. The third-order valence-corrected chi connectivity index (χ3v) is 3.01. The van der Waals surface area contributed by atoms with E-state index in [-0.39, 0.29) is 24.3 Å². The molecule has 0 aliphatic heterocycles. The number of hydrogen-bond acceptors (Lipinski definition) is 3. The van der Waals surface area contributed by atoms with Gasteiger partial charge in [-0.05, 0) is 24.6 Å². The fourth-order valence-corrected chi connectivity index (χ4v) is 1.72. The first kappa shape index (κ1) is 17.7. The fraction of sp³-hybridized carbons (Fsp3) is 0.438. The molecule has 3 amide bonds. The highest BCUT2D eigenvalue weighted by molar-refractivity contribution is 5.97. The van der Waals surface area contributed by atoms with Gasteiger partial charge in [-0.1, -0.05) is 26.8 Å². The third kappa shape index (κ3) is 5.20. The first-order chi connectivity index (χ1) is 10.1. The normalized spacial score (nSPS) is 10.8. The van der Waals surface area contributed by atoms with Crippen LogP contribution < -0.4 is 16.0 Å². The van der Waals surface area contributed by atoms with Gasteiger partial charge in [0.1, 0.15) is 0 Å². The van der Waals surface area contributed by atoms with E-state index < -0.39 is 5.41 Å². The largest absolute Gasteiger partial charge is 0.347 e. The summed E-state index contributed by atoms with van der Waals surface area (Å²) in [4.78, 5) is 34.8. The average Bonchev–Trinajstić information content (AvgIpc) is 2.39. The number of nitrogens with one attached hydrogen (secondary N) is 3. The summed E-state index contributed by atoms with van der Waals surface area (Å²) in [5, 5.41) is 8.01. The van der Waals surface area contributed by atoms with E-state index in [9.17, 15) is 14.4 Å². The van der Waals surface area contributed by atoms with E-state index >= 15 is 0 Å². The van der Waals surface area contributed by atoms with Crippen molar-refractivity contribution in [1.82, 2.24) is 5.32 Å². The van der Waals surface area contributed by atoms with Crippen molar-refractivity contribution in [1.29, 1.82) is 0 Å². The second-order valence-electron chi connectivity index (χ2n) is 6.14. The van der Waals surface area contributed by atoms with E-state index in [4.69, 9.17) is 0 Å². The van der Waals surface area contributed by atoms with Crippen LogP contribution in [0.15, 0.2) is 18.2 Å². The summed E-state index contributed by atoms with van der Waals surface area (Å²) in [7, 11) is 0. The molecule has 3 N–H and O–H groups in total. The van der Waals surface area contributed by atoms with Gasteiger partial charge >= 0.3 is 0 Å². The van der Waals surface area contributed by atoms with Gasteiger partial charge in [0.2, 0.25) is 17.7 Å². The molecule has 0 fully saturated rings. The fourth-order valence-electron chi connectivity index (χ4n) is 1.72. The minimum absolute atomic E-state index is 0.0973. The van der Waals surface area contributed by atoms with E-state index in [1.165, 1.54) is 6.92 Å². The minimum Gasteiger partial charge on any atom is -0.347 e. The Balaban J connectivity index is 2.69. The maximum absolute atomic E-state index is 11.9. The molecule has 0 bridgehead atoms. The molecule has 0 aliphatic rings. The van der Waals surface area contributed by atoms with Crippen LogP contribution in [0.2, 0.25) is 0 Å². The molecule has 0 atom stereocenters. The van der Waals surface area contributed by atoms with Gasteiger partial charge in [0, 0.05) is 23.7 Å². The Kier molecular flexibility index (Phi) is 5.68. The Labute approximate surface area is 130 Å². The highest BCUT2D eigenvalue weighted by atomic mass is 16.2. The monoisotopic (exact) mass is 305 g/mol. The van der Waals surface area contributed by atoms with Crippen molar-refractivity contribution in [2.24, 2.45) is 5.41 Å². The maximum Gasteiger partial charge on any atom is 0.243 e. The van der Waals surface area contributed by atoms with E-state index in [1.807, 2.05) is 0 Å². The van der Waals surface area contributed by atoms with Crippen LogP contribution in [0, 0.1) is 12.3 Å². The van der Waals surface area contributed by atoms with Crippen LogP contribution in [0.5, 0.6) is 0 Å². The third-order valence-electron chi connectivity index (χ3n) is 3.01. The van der Waals surface area contributed by atoms with Gasteiger partial charge in [-0.25, -0.2) is 0 Å². The van der Waals surface area contributed by atoms with Crippen molar-refractivity contribution in [2.45, 2.75) is 34.6 Å². The molecule has 0 radical (unpaired) electrons. The maximum atomic E-state index is 11.9. The average molecular weight is 305 g/mol. The van der Waals surface area contributed by atoms with Crippen LogP contribution in [0.1, 0.15) is 33.3 Å². The van der Waals surface area contributed by atoms with Crippen LogP contribution in [-0.2, 0) is 14.4 Å². The standard InChI is InChI=1S/C16H23N3O3/c1-10-12(18-11(2)20)7-6-8-13(10)19-14(21)9-17-15(22)16(3,4)5/h6-8H,9H2,1-5H3,(H,17,22)(H,18,20)(H,19,21). The number of carbonyl (C=O) groups is 3. The zero-order valence-electron chi connectivity index (χ0n) is 13.7. The minimum atomic E-state index is -0.540. The molecule has 0 heterocycles.